The summed E-state index contributed by atoms with van der Waals surface area (Å²) in [5.41, 5.74) is 6.64. The summed E-state index contributed by atoms with van der Waals surface area (Å²) in [6.45, 7) is 2.12. The molecule has 0 saturated carbocycles. The molecule has 1 aliphatic rings. The first-order chi connectivity index (χ1) is 9.58. The third-order valence-corrected chi connectivity index (χ3v) is 4.29. The fourth-order valence-corrected chi connectivity index (χ4v) is 2.97. The van der Waals surface area contributed by atoms with Crippen LogP contribution in [-0.2, 0) is 6.54 Å². The molecule has 108 valence electrons. The van der Waals surface area contributed by atoms with Gasteiger partial charge in [-0.25, -0.2) is 4.99 Å². The number of halogens is 1. The quantitative estimate of drug-likeness (QED) is 0.400. The van der Waals surface area contributed by atoms with E-state index in [9.17, 15) is 10.1 Å². The molecule has 8 heteroatoms. The Morgan fingerprint density at radius 2 is 2.20 bits per heavy atom. The Morgan fingerprint density at radius 1 is 1.50 bits per heavy atom. The number of rotatable bonds is 3. The van der Waals surface area contributed by atoms with E-state index in [1.165, 1.54) is 12.1 Å². The van der Waals surface area contributed by atoms with Gasteiger partial charge in [0.25, 0.3) is 5.69 Å². The predicted molar refractivity (Wildman–Crippen MR) is 82.3 cm³/mol. The highest BCUT2D eigenvalue weighted by Crippen LogP contribution is 2.23. The van der Waals surface area contributed by atoms with Gasteiger partial charge in [0.05, 0.1) is 16.5 Å². The summed E-state index contributed by atoms with van der Waals surface area (Å²) in [6.07, 6.45) is 0. The van der Waals surface area contributed by atoms with Crippen LogP contribution in [0.3, 0.4) is 0 Å². The van der Waals surface area contributed by atoms with Crippen LogP contribution in [0.25, 0.3) is 0 Å². The number of nitrogens with two attached hydrogens (primary N) is 1. The number of non-ortho nitro benzene ring substituents is 1. The minimum absolute atomic E-state index is 0.0243. The highest BCUT2D eigenvalue weighted by molar-refractivity contribution is 7.99. The zero-order valence-electron chi connectivity index (χ0n) is 10.8. The van der Waals surface area contributed by atoms with E-state index in [1.54, 1.807) is 6.07 Å². The number of guanidine groups is 1. The van der Waals surface area contributed by atoms with Gasteiger partial charge in [0, 0.05) is 36.7 Å². The molecule has 1 saturated heterocycles. The molecule has 6 nitrogen and oxygen atoms in total. The van der Waals surface area contributed by atoms with Crippen LogP contribution in [0, 0.1) is 10.1 Å². The van der Waals surface area contributed by atoms with E-state index in [0.29, 0.717) is 17.5 Å². The molecule has 2 N–H and O–H groups in total. The molecule has 1 aromatic rings. The molecule has 2 rings (SSSR count). The van der Waals surface area contributed by atoms with Gasteiger partial charge in [-0.1, -0.05) is 11.6 Å². The van der Waals surface area contributed by atoms with Crippen molar-refractivity contribution in [1.29, 1.82) is 0 Å². The molecule has 0 aromatic heterocycles. The molecule has 0 unspecified atom stereocenters. The van der Waals surface area contributed by atoms with Crippen molar-refractivity contribution in [3.8, 4) is 0 Å². The topological polar surface area (TPSA) is 84.8 Å². The van der Waals surface area contributed by atoms with Crippen LogP contribution in [-0.4, -0.2) is 40.4 Å². The Morgan fingerprint density at radius 3 is 2.80 bits per heavy atom. The lowest BCUT2D eigenvalue weighted by Crippen LogP contribution is -2.42. The number of hydrogen-bond donors (Lipinski definition) is 1. The average molecular weight is 315 g/mol. The Hall–Kier alpha value is -1.47. The molecule has 1 aromatic carbocycles. The third kappa shape index (κ3) is 3.77. The van der Waals surface area contributed by atoms with Gasteiger partial charge in [-0.15, -0.1) is 0 Å². The highest BCUT2D eigenvalue weighted by atomic mass is 35.5. The maximum absolute atomic E-state index is 10.6. The second-order valence-corrected chi connectivity index (χ2v) is 5.94. The first-order valence-corrected chi connectivity index (χ1v) is 7.66. The Kier molecular flexibility index (Phi) is 5.08. The maximum atomic E-state index is 10.6. The number of thioether (sulfide) groups is 1. The van der Waals surface area contributed by atoms with Crippen molar-refractivity contribution < 1.29 is 4.92 Å². The average Bonchev–Trinajstić information content (AvgIpc) is 2.46. The van der Waals surface area contributed by atoms with Gasteiger partial charge in [0.1, 0.15) is 0 Å². The molecule has 0 amide bonds. The van der Waals surface area contributed by atoms with Crippen molar-refractivity contribution in [2.75, 3.05) is 24.6 Å². The minimum atomic E-state index is -0.474. The van der Waals surface area contributed by atoms with Crippen LogP contribution in [0.1, 0.15) is 5.56 Å². The predicted octanol–water partition coefficient (Wildman–Crippen LogP) is 2.11. The van der Waals surface area contributed by atoms with Crippen LogP contribution < -0.4 is 5.73 Å². The first kappa shape index (κ1) is 14.9. The van der Waals surface area contributed by atoms with Gasteiger partial charge in [-0.05, 0) is 11.6 Å². The number of aliphatic imine (C=N–C) groups is 1. The van der Waals surface area contributed by atoms with E-state index in [4.69, 9.17) is 17.3 Å². The van der Waals surface area contributed by atoms with Gasteiger partial charge in [-0.2, -0.15) is 11.8 Å². The summed E-state index contributed by atoms with van der Waals surface area (Å²) < 4.78 is 0. The standard InChI is InChI=1S/C12H15ClN4O2S/c13-11-7-10(17(18)19)2-1-9(11)8-15-12(14)16-3-5-20-6-4-16/h1-2,7H,3-6,8H2,(H2,14,15). The van der Waals surface area contributed by atoms with Crippen LogP contribution in [0.2, 0.25) is 5.02 Å². The lowest BCUT2D eigenvalue weighted by atomic mass is 10.2. The summed E-state index contributed by atoms with van der Waals surface area (Å²) in [4.78, 5) is 16.5. The summed E-state index contributed by atoms with van der Waals surface area (Å²) >= 11 is 7.91. The van der Waals surface area contributed by atoms with Crippen LogP contribution in [0.5, 0.6) is 0 Å². The maximum Gasteiger partial charge on any atom is 0.270 e. The molecule has 1 fully saturated rings. The van der Waals surface area contributed by atoms with Crippen LogP contribution >= 0.6 is 23.4 Å². The lowest BCUT2D eigenvalue weighted by Gasteiger charge is -2.27. The number of benzene rings is 1. The van der Waals surface area contributed by atoms with E-state index >= 15 is 0 Å². The fraction of sp³-hybridized carbons (Fsp3) is 0.417. The van der Waals surface area contributed by atoms with Gasteiger partial charge in [0.2, 0.25) is 0 Å². The zero-order valence-corrected chi connectivity index (χ0v) is 12.4. The van der Waals surface area contributed by atoms with Crippen LogP contribution in [0.4, 0.5) is 5.69 Å². The highest BCUT2D eigenvalue weighted by Gasteiger charge is 2.13. The molecular formula is C12H15ClN4O2S. The first-order valence-electron chi connectivity index (χ1n) is 6.13. The van der Waals surface area contributed by atoms with Crippen molar-refractivity contribution in [1.82, 2.24) is 4.90 Å². The van der Waals surface area contributed by atoms with Gasteiger partial charge >= 0.3 is 0 Å². The number of nitro groups is 1. The van der Waals surface area contributed by atoms with Crippen molar-refractivity contribution in [2.24, 2.45) is 10.7 Å². The van der Waals surface area contributed by atoms with E-state index in [1.807, 2.05) is 16.7 Å². The van der Waals surface area contributed by atoms with Crippen molar-refractivity contribution in [3.05, 3.63) is 38.9 Å². The van der Waals surface area contributed by atoms with Crippen molar-refractivity contribution in [2.45, 2.75) is 6.54 Å². The minimum Gasteiger partial charge on any atom is -0.370 e. The molecule has 20 heavy (non-hydrogen) atoms. The largest absolute Gasteiger partial charge is 0.370 e. The van der Waals surface area contributed by atoms with E-state index < -0.39 is 4.92 Å². The normalized spacial score (nSPS) is 16.2. The summed E-state index contributed by atoms with van der Waals surface area (Å²) in [5.74, 6) is 2.60. The SMILES string of the molecule is NC(=NCc1ccc([N+](=O)[O-])cc1Cl)N1CCSCC1. The van der Waals surface area contributed by atoms with Gasteiger partial charge in [0.15, 0.2) is 5.96 Å². The Balaban J connectivity index is 2.04. The molecule has 0 bridgehead atoms. The lowest BCUT2D eigenvalue weighted by molar-refractivity contribution is -0.384. The smallest absolute Gasteiger partial charge is 0.270 e. The molecule has 1 aliphatic heterocycles. The number of hydrogen-bond acceptors (Lipinski definition) is 4. The molecule has 0 atom stereocenters. The number of nitrogens with zero attached hydrogens (tertiary/aromatic N) is 3. The van der Waals surface area contributed by atoms with Crippen molar-refractivity contribution in [3.63, 3.8) is 0 Å². The molecule has 0 aliphatic carbocycles. The molecule has 1 heterocycles. The Bertz CT molecular complexity index is 532. The van der Waals surface area contributed by atoms with E-state index in [-0.39, 0.29) is 5.69 Å². The van der Waals surface area contributed by atoms with Crippen molar-refractivity contribution >= 4 is 35.0 Å². The summed E-state index contributed by atoms with van der Waals surface area (Å²) in [5, 5.41) is 11.0. The molecule has 0 spiro atoms. The third-order valence-electron chi connectivity index (χ3n) is 2.99. The van der Waals surface area contributed by atoms with E-state index in [2.05, 4.69) is 4.99 Å². The number of nitro benzene ring substituents is 1. The fourth-order valence-electron chi connectivity index (χ4n) is 1.84. The van der Waals surface area contributed by atoms with Gasteiger partial charge < -0.3 is 10.6 Å². The second-order valence-electron chi connectivity index (χ2n) is 4.31. The van der Waals surface area contributed by atoms with Crippen LogP contribution in [0.15, 0.2) is 23.2 Å². The monoisotopic (exact) mass is 314 g/mol. The zero-order chi connectivity index (χ0) is 14.5. The second kappa shape index (κ2) is 6.81. The molecule has 0 radical (unpaired) electrons. The van der Waals surface area contributed by atoms with Gasteiger partial charge in [-0.3, -0.25) is 10.1 Å². The summed E-state index contributed by atoms with van der Waals surface area (Å²) in [7, 11) is 0. The molecular weight excluding hydrogens is 300 g/mol. The summed E-state index contributed by atoms with van der Waals surface area (Å²) in [6, 6.07) is 4.37. The van der Waals surface area contributed by atoms with E-state index in [0.717, 1.165) is 30.2 Å². The Labute approximate surface area is 126 Å².